The van der Waals surface area contributed by atoms with Crippen molar-refractivity contribution in [1.82, 2.24) is 4.90 Å². The zero-order chi connectivity index (χ0) is 12.3. The highest BCUT2D eigenvalue weighted by atomic mass is 35.5. The van der Waals surface area contributed by atoms with E-state index < -0.39 is 0 Å². The number of amides is 1. The van der Waals surface area contributed by atoms with Crippen molar-refractivity contribution in [3.05, 3.63) is 23.7 Å². The Balaban J connectivity index is 2.14. The van der Waals surface area contributed by atoms with E-state index in [-0.39, 0.29) is 5.91 Å². The summed E-state index contributed by atoms with van der Waals surface area (Å²) < 4.78 is 5.20. The SMILES string of the molecule is Cc1occc1C(=O)N1CCCCC1CCCl. The van der Waals surface area contributed by atoms with Crippen LogP contribution in [0, 0.1) is 6.92 Å². The first kappa shape index (κ1) is 12.5. The van der Waals surface area contributed by atoms with Gasteiger partial charge in [-0.05, 0) is 38.7 Å². The molecule has 1 fully saturated rings. The van der Waals surface area contributed by atoms with Crippen LogP contribution in [-0.2, 0) is 0 Å². The molecule has 1 aliphatic heterocycles. The van der Waals surface area contributed by atoms with Gasteiger partial charge < -0.3 is 9.32 Å². The Hall–Kier alpha value is -0.960. The summed E-state index contributed by atoms with van der Waals surface area (Å²) in [5, 5.41) is 0. The topological polar surface area (TPSA) is 33.5 Å². The standard InChI is InChI=1S/C13H18ClNO2/c1-10-12(6-9-17-10)13(16)15-8-3-2-4-11(15)5-7-14/h6,9,11H,2-5,7-8H2,1H3. The molecule has 1 aromatic heterocycles. The van der Waals surface area contributed by atoms with Crippen molar-refractivity contribution in [2.75, 3.05) is 12.4 Å². The van der Waals surface area contributed by atoms with Crippen LogP contribution >= 0.6 is 11.6 Å². The smallest absolute Gasteiger partial charge is 0.257 e. The molecule has 1 aromatic rings. The molecule has 0 bridgehead atoms. The van der Waals surface area contributed by atoms with Crippen LogP contribution in [0.2, 0.25) is 0 Å². The summed E-state index contributed by atoms with van der Waals surface area (Å²) in [7, 11) is 0. The van der Waals surface area contributed by atoms with Crippen molar-refractivity contribution in [2.24, 2.45) is 0 Å². The molecular weight excluding hydrogens is 238 g/mol. The summed E-state index contributed by atoms with van der Waals surface area (Å²) >= 11 is 5.80. The average molecular weight is 256 g/mol. The van der Waals surface area contributed by atoms with E-state index in [4.69, 9.17) is 16.0 Å². The molecule has 0 aliphatic carbocycles. The number of piperidine rings is 1. The number of aryl methyl sites for hydroxylation is 1. The molecule has 1 saturated heterocycles. The number of furan rings is 1. The van der Waals surface area contributed by atoms with Gasteiger partial charge in [-0.15, -0.1) is 11.6 Å². The third kappa shape index (κ3) is 2.65. The van der Waals surface area contributed by atoms with E-state index in [0.29, 0.717) is 23.2 Å². The Kier molecular flexibility index (Phi) is 4.11. The molecule has 1 unspecified atom stereocenters. The van der Waals surface area contributed by atoms with Gasteiger partial charge in [0.25, 0.3) is 5.91 Å². The summed E-state index contributed by atoms with van der Waals surface area (Å²) in [6.45, 7) is 2.67. The van der Waals surface area contributed by atoms with Gasteiger partial charge in [0.1, 0.15) is 5.76 Å². The van der Waals surface area contributed by atoms with Crippen LogP contribution in [-0.4, -0.2) is 29.3 Å². The molecule has 0 aromatic carbocycles. The van der Waals surface area contributed by atoms with Crippen LogP contribution in [0.1, 0.15) is 41.8 Å². The van der Waals surface area contributed by atoms with E-state index in [1.807, 2.05) is 11.8 Å². The van der Waals surface area contributed by atoms with E-state index in [1.165, 1.54) is 6.42 Å². The van der Waals surface area contributed by atoms with Gasteiger partial charge in [-0.25, -0.2) is 0 Å². The van der Waals surface area contributed by atoms with Gasteiger partial charge in [-0.2, -0.15) is 0 Å². The molecule has 17 heavy (non-hydrogen) atoms. The lowest BCUT2D eigenvalue weighted by molar-refractivity contribution is 0.0607. The van der Waals surface area contributed by atoms with Crippen molar-refractivity contribution in [1.29, 1.82) is 0 Å². The lowest BCUT2D eigenvalue weighted by atomic mass is 9.99. The van der Waals surface area contributed by atoms with Gasteiger partial charge in [0.05, 0.1) is 11.8 Å². The van der Waals surface area contributed by atoms with Crippen molar-refractivity contribution in [2.45, 2.75) is 38.6 Å². The zero-order valence-corrected chi connectivity index (χ0v) is 10.9. The minimum absolute atomic E-state index is 0.0890. The molecule has 2 rings (SSSR count). The molecule has 4 heteroatoms. The molecule has 2 heterocycles. The van der Waals surface area contributed by atoms with Gasteiger partial charge >= 0.3 is 0 Å². The molecular formula is C13H18ClNO2. The Morgan fingerprint density at radius 3 is 3.06 bits per heavy atom. The number of nitrogens with zero attached hydrogens (tertiary/aromatic N) is 1. The highest BCUT2D eigenvalue weighted by Crippen LogP contribution is 2.23. The number of likely N-dealkylation sites (tertiary alicyclic amines) is 1. The number of alkyl halides is 1. The summed E-state index contributed by atoms with van der Waals surface area (Å²) in [5.41, 5.74) is 0.687. The lowest BCUT2D eigenvalue weighted by Crippen LogP contribution is -2.44. The minimum Gasteiger partial charge on any atom is -0.469 e. The quantitative estimate of drug-likeness (QED) is 0.777. The summed E-state index contributed by atoms with van der Waals surface area (Å²) in [5.74, 6) is 1.40. The molecule has 0 radical (unpaired) electrons. The number of halogens is 1. The van der Waals surface area contributed by atoms with Gasteiger partial charge in [-0.3, -0.25) is 4.79 Å². The largest absolute Gasteiger partial charge is 0.469 e. The van der Waals surface area contributed by atoms with Gasteiger partial charge in [0.15, 0.2) is 0 Å². The first-order valence-corrected chi connectivity index (χ1v) is 6.68. The first-order valence-electron chi connectivity index (χ1n) is 6.15. The average Bonchev–Trinajstić information content (AvgIpc) is 2.76. The first-order chi connectivity index (χ1) is 8.24. The molecule has 0 saturated carbocycles. The maximum absolute atomic E-state index is 12.4. The maximum atomic E-state index is 12.4. The Bertz CT molecular complexity index is 387. The van der Waals surface area contributed by atoms with E-state index in [1.54, 1.807) is 12.3 Å². The van der Waals surface area contributed by atoms with Crippen LogP contribution in [0.5, 0.6) is 0 Å². The van der Waals surface area contributed by atoms with Crippen LogP contribution in [0.3, 0.4) is 0 Å². The number of carbonyl (C=O) groups is 1. The fourth-order valence-corrected chi connectivity index (χ4v) is 2.71. The van der Waals surface area contributed by atoms with Crippen molar-refractivity contribution < 1.29 is 9.21 Å². The Labute approximate surface area is 107 Å². The lowest BCUT2D eigenvalue weighted by Gasteiger charge is -2.35. The van der Waals surface area contributed by atoms with Crippen molar-refractivity contribution in [3.63, 3.8) is 0 Å². The Morgan fingerprint density at radius 2 is 2.41 bits per heavy atom. The summed E-state index contributed by atoms with van der Waals surface area (Å²) in [4.78, 5) is 14.4. The normalized spacial score (nSPS) is 20.6. The molecule has 3 nitrogen and oxygen atoms in total. The van der Waals surface area contributed by atoms with Crippen molar-refractivity contribution in [3.8, 4) is 0 Å². The zero-order valence-electron chi connectivity index (χ0n) is 10.1. The predicted molar refractivity (Wildman–Crippen MR) is 67.5 cm³/mol. The monoisotopic (exact) mass is 255 g/mol. The van der Waals surface area contributed by atoms with Crippen molar-refractivity contribution >= 4 is 17.5 Å². The summed E-state index contributed by atoms with van der Waals surface area (Å²) in [6, 6.07) is 2.05. The molecule has 0 spiro atoms. The summed E-state index contributed by atoms with van der Waals surface area (Å²) in [6.07, 6.45) is 5.79. The van der Waals surface area contributed by atoms with Crippen LogP contribution < -0.4 is 0 Å². The highest BCUT2D eigenvalue weighted by Gasteiger charge is 2.28. The van der Waals surface area contributed by atoms with Crippen LogP contribution in [0.4, 0.5) is 0 Å². The molecule has 1 aliphatic rings. The van der Waals surface area contributed by atoms with Gasteiger partial charge in [-0.1, -0.05) is 0 Å². The van der Waals surface area contributed by atoms with E-state index in [0.717, 1.165) is 25.8 Å². The number of hydrogen-bond acceptors (Lipinski definition) is 2. The second kappa shape index (κ2) is 5.58. The predicted octanol–water partition coefficient (Wildman–Crippen LogP) is 3.21. The van der Waals surface area contributed by atoms with Gasteiger partial charge in [0.2, 0.25) is 0 Å². The Morgan fingerprint density at radius 1 is 1.59 bits per heavy atom. The fourth-order valence-electron chi connectivity index (χ4n) is 2.46. The molecule has 0 N–H and O–H groups in total. The highest BCUT2D eigenvalue weighted by molar-refractivity contribution is 6.17. The van der Waals surface area contributed by atoms with E-state index in [2.05, 4.69) is 0 Å². The third-order valence-corrected chi connectivity index (χ3v) is 3.64. The number of hydrogen-bond donors (Lipinski definition) is 0. The van der Waals surface area contributed by atoms with E-state index in [9.17, 15) is 4.79 Å². The second-order valence-electron chi connectivity index (χ2n) is 4.52. The van der Waals surface area contributed by atoms with Crippen LogP contribution in [0.15, 0.2) is 16.7 Å². The van der Waals surface area contributed by atoms with Crippen LogP contribution in [0.25, 0.3) is 0 Å². The third-order valence-electron chi connectivity index (χ3n) is 3.42. The fraction of sp³-hybridized carbons (Fsp3) is 0.615. The molecule has 1 atom stereocenters. The van der Waals surface area contributed by atoms with E-state index >= 15 is 0 Å². The number of carbonyl (C=O) groups excluding carboxylic acids is 1. The molecule has 94 valence electrons. The molecule has 1 amide bonds. The minimum atomic E-state index is 0.0890. The maximum Gasteiger partial charge on any atom is 0.257 e. The van der Waals surface area contributed by atoms with Gasteiger partial charge in [0, 0.05) is 18.5 Å². The second-order valence-corrected chi connectivity index (χ2v) is 4.89. The number of rotatable bonds is 3.